The second kappa shape index (κ2) is 5.29. The highest BCUT2D eigenvalue weighted by Crippen LogP contribution is 2.30. The average molecular weight is 246 g/mol. The molecule has 2 fully saturated rings. The van der Waals surface area contributed by atoms with Crippen molar-refractivity contribution in [3.05, 3.63) is 29.8 Å². The fraction of sp³-hybridized carbons (Fsp3) is 0.600. The van der Waals surface area contributed by atoms with Gasteiger partial charge in [-0.1, -0.05) is 12.1 Å². The van der Waals surface area contributed by atoms with Gasteiger partial charge in [-0.2, -0.15) is 0 Å². The van der Waals surface area contributed by atoms with Crippen LogP contribution in [0.5, 0.6) is 0 Å². The summed E-state index contributed by atoms with van der Waals surface area (Å²) in [5.41, 5.74) is 2.46. The summed E-state index contributed by atoms with van der Waals surface area (Å²) in [6.45, 7) is 3.16. The van der Waals surface area contributed by atoms with E-state index in [2.05, 4.69) is 34.5 Å². The first-order valence-electron chi connectivity index (χ1n) is 6.93. The lowest BCUT2D eigenvalue weighted by Crippen LogP contribution is -2.27. The van der Waals surface area contributed by atoms with Gasteiger partial charge in [-0.3, -0.25) is 4.90 Å². The molecule has 1 aliphatic heterocycles. The van der Waals surface area contributed by atoms with Crippen LogP contribution in [0.3, 0.4) is 0 Å². The van der Waals surface area contributed by atoms with Crippen LogP contribution in [0.25, 0.3) is 0 Å². The van der Waals surface area contributed by atoms with Crippen molar-refractivity contribution in [2.45, 2.75) is 38.0 Å². The molecule has 3 nitrogen and oxygen atoms in total. The number of likely N-dealkylation sites (tertiary alicyclic amines) is 1. The van der Waals surface area contributed by atoms with Gasteiger partial charge in [0.05, 0.1) is 6.61 Å². The van der Waals surface area contributed by atoms with Crippen LogP contribution in [-0.4, -0.2) is 37.2 Å². The first-order valence-corrected chi connectivity index (χ1v) is 6.93. The van der Waals surface area contributed by atoms with Crippen molar-refractivity contribution in [3.63, 3.8) is 0 Å². The molecule has 1 heterocycles. The topological polar surface area (TPSA) is 24.5 Å². The number of nitrogens with one attached hydrogen (secondary N) is 1. The predicted molar refractivity (Wildman–Crippen MR) is 73.8 cm³/mol. The smallest absolute Gasteiger partial charge is 0.0713 e. The zero-order chi connectivity index (χ0) is 12.4. The summed E-state index contributed by atoms with van der Waals surface area (Å²) in [7, 11) is 1.74. The minimum absolute atomic E-state index is 0.614. The zero-order valence-corrected chi connectivity index (χ0v) is 11.1. The molecule has 1 N–H and O–H groups in total. The van der Waals surface area contributed by atoms with Gasteiger partial charge in [0.15, 0.2) is 0 Å². The van der Waals surface area contributed by atoms with Crippen LogP contribution in [-0.2, 0) is 11.3 Å². The van der Waals surface area contributed by atoms with Gasteiger partial charge >= 0.3 is 0 Å². The van der Waals surface area contributed by atoms with E-state index in [1.807, 2.05) is 0 Å². The second-order valence-corrected chi connectivity index (χ2v) is 5.49. The Labute approximate surface area is 109 Å². The fourth-order valence-electron chi connectivity index (χ4n) is 2.83. The van der Waals surface area contributed by atoms with E-state index in [4.69, 9.17) is 4.74 Å². The minimum Gasteiger partial charge on any atom is -0.381 e. The Kier molecular flexibility index (Phi) is 3.52. The van der Waals surface area contributed by atoms with Crippen molar-refractivity contribution in [1.29, 1.82) is 0 Å². The van der Waals surface area contributed by atoms with E-state index in [1.165, 1.54) is 43.6 Å². The molecule has 1 aromatic carbocycles. The molecule has 18 heavy (non-hydrogen) atoms. The summed E-state index contributed by atoms with van der Waals surface area (Å²) in [6.07, 6.45) is 4.09. The normalized spacial score (nSPS) is 24.4. The monoisotopic (exact) mass is 246 g/mol. The lowest BCUT2D eigenvalue weighted by molar-refractivity contribution is 0.185. The van der Waals surface area contributed by atoms with Crippen LogP contribution in [0.15, 0.2) is 24.3 Å². The molecule has 1 saturated heterocycles. The summed E-state index contributed by atoms with van der Waals surface area (Å²) in [5, 5.41) is 3.66. The summed E-state index contributed by atoms with van der Waals surface area (Å²) in [4.78, 5) is 2.64. The SMILES string of the molecule is COCc1cccc(NC2CCN(C3CC3)C2)c1. The van der Waals surface area contributed by atoms with E-state index in [0.717, 1.165) is 6.04 Å². The van der Waals surface area contributed by atoms with Crippen LogP contribution < -0.4 is 5.32 Å². The van der Waals surface area contributed by atoms with Gasteiger partial charge in [0.1, 0.15) is 0 Å². The Morgan fingerprint density at radius 2 is 2.22 bits per heavy atom. The number of rotatable bonds is 5. The van der Waals surface area contributed by atoms with Crippen molar-refractivity contribution >= 4 is 5.69 Å². The van der Waals surface area contributed by atoms with Crippen molar-refractivity contribution in [2.75, 3.05) is 25.5 Å². The Balaban J connectivity index is 1.57. The predicted octanol–water partition coefficient (Wildman–Crippen LogP) is 2.48. The Morgan fingerprint density at radius 3 is 3.00 bits per heavy atom. The van der Waals surface area contributed by atoms with Crippen molar-refractivity contribution in [3.8, 4) is 0 Å². The Bertz CT molecular complexity index is 403. The lowest BCUT2D eigenvalue weighted by atomic mass is 10.2. The van der Waals surface area contributed by atoms with Gasteiger partial charge in [0, 0.05) is 38.0 Å². The minimum atomic E-state index is 0.614. The maximum atomic E-state index is 5.17. The molecule has 3 heteroatoms. The highest BCUT2D eigenvalue weighted by atomic mass is 16.5. The molecule has 0 aromatic heterocycles. The summed E-state index contributed by atoms with van der Waals surface area (Å²) >= 11 is 0. The first kappa shape index (κ1) is 12.0. The Morgan fingerprint density at radius 1 is 1.33 bits per heavy atom. The number of methoxy groups -OCH3 is 1. The molecule has 1 aliphatic carbocycles. The van der Waals surface area contributed by atoms with Gasteiger partial charge in [-0.05, 0) is 37.0 Å². The molecular formula is C15H22N2O. The summed E-state index contributed by atoms with van der Waals surface area (Å²) in [6, 6.07) is 10.1. The van der Waals surface area contributed by atoms with Crippen molar-refractivity contribution < 1.29 is 4.74 Å². The summed E-state index contributed by atoms with van der Waals surface area (Å²) < 4.78 is 5.17. The molecular weight excluding hydrogens is 224 g/mol. The molecule has 1 saturated carbocycles. The average Bonchev–Trinajstić information content (AvgIpc) is 3.12. The zero-order valence-electron chi connectivity index (χ0n) is 11.1. The Hall–Kier alpha value is -1.06. The third kappa shape index (κ3) is 2.85. The van der Waals surface area contributed by atoms with E-state index in [1.54, 1.807) is 7.11 Å². The van der Waals surface area contributed by atoms with Crippen molar-refractivity contribution in [2.24, 2.45) is 0 Å². The van der Waals surface area contributed by atoms with Crippen LogP contribution >= 0.6 is 0 Å². The quantitative estimate of drug-likeness (QED) is 0.864. The number of anilines is 1. The molecule has 98 valence electrons. The number of hydrogen-bond acceptors (Lipinski definition) is 3. The van der Waals surface area contributed by atoms with Gasteiger partial charge in [-0.25, -0.2) is 0 Å². The van der Waals surface area contributed by atoms with E-state index in [9.17, 15) is 0 Å². The number of ether oxygens (including phenoxy) is 1. The van der Waals surface area contributed by atoms with Crippen LogP contribution in [0.1, 0.15) is 24.8 Å². The van der Waals surface area contributed by atoms with E-state index >= 15 is 0 Å². The van der Waals surface area contributed by atoms with Gasteiger partial charge in [-0.15, -0.1) is 0 Å². The van der Waals surface area contributed by atoms with Crippen LogP contribution in [0.2, 0.25) is 0 Å². The molecule has 1 atom stereocenters. The highest BCUT2D eigenvalue weighted by Gasteiger charge is 2.34. The van der Waals surface area contributed by atoms with Gasteiger partial charge in [0.2, 0.25) is 0 Å². The van der Waals surface area contributed by atoms with Crippen LogP contribution in [0, 0.1) is 0 Å². The third-order valence-corrected chi connectivity index (χ3v) is 3.89. The fourth-order valence-corrected chi connectivity index (χ4v) is 2.83. The third-order valence-electron chi connectivity index (χ3n) is 3.89. The van der Waals surface area contributed by atoms with Crippen LogP contribution in [0.4, 0.5) is 5.69 Å². The molecule has 0 spiro atoms. The first-order chi connectivity index (χ1) is 8.85. The molecule has 0 amide bonds. The van der Waals surface area contributed by atoms with E-state index in [-0.39, 0.29) is 0 Å². The van der Waals surface area contributed by atoms with Crippen molar-refractivity contribution in [1.82, 2.24) is 4.90 Å². The highest BCUT2D eigenvalue weighted by molar-refractivity contribution is 5.46. The lowest BCUT2D eigenvalue weighted by Gasteiger charge is -2.17. The molecule has 0 bridgehead atoms. The second-order valence-electron chi connectivity index (χ2n) is 5.49. The van der Waals surface area contributed by atoms with Gasteiger partial charge in [0.25, 0.3) is 0 Å². The van der Waals surface area contributed by atoms with E-state index < -0.39 is 0 Å². The molecule has 1 unspecified atom stereocenters. The van der Waals surface area contributed by atoms with Gasteiger partial charge < -0.3 is 10.1 Å². The van der Waals surface area contributed by atoms with E-state index in [0.29, 0.717) is 12.6 Å². The maximum absolute atomic E-state index is 5.17. The number of nitrogens with zero attached hydrogens (tertiary/aromatic N) is 1. The number of benzene rings is 1. The summed E-state index contributed by atoms with van der Waals surface area (Å²) in [5.74, 6) is 0. The molecule has 0 radical (unpaired) electrons. The largest absolute Gasteiger partial charge is 0.381 e. The molecule has 3 rings (SSSR count). The molecule has 2 aliphatic rings. The number of hydrogen-bond donors (Lipinski definition) is 1. The molecule has 1 aromatic rings. The maximum Gasteiger partial charge on any atom is 0.0713 e. The standard InChI is InChI=1S/C15H22N2O/c1-18-11-12-3-2-4-13(9-12)16-14-7-8-17(10-14)15-5-6-15/h2-4,9,14-16H,5-8,10-11H2,1H3.